The van der Waals surface area contributed by atoms with Gasteiger partial charge in [0.15, 0.2) is 0 Å². The Labute approximate surface area is 128 Å². The van der Waals surface area contributed by atoms with Crippen LogP contribution in [0, 0.1) is 0 Å². The first-order valence-corrected chi connectivity index (χ1v) is 7.75. The predicted octanol–water partition coefficient (Wildman–Crippen LogP) is 4.37. The summed E-state index contributed by atoms with van der Waals surface area (Å²) in [6.07, 6.45) is 3.40. The standard InChI is InChI=1S/C19H25NO/c1-3-20-18(17-13-7-8-15-19(17)21-2)14-9-12-16-10-5-4-6-11-16/h4-8,10-11,13,15,18,20H,3,9,12,14H2,1-2H3. The van der Waals surface area contributed by atoms with Crippen LogP contribution in [0.3, 0.4) is 0 Å². The lowest BCUT2D eigenvalue weighted by atomic mass is 9.98. The third-order valence-corrected chi connectivity index (χ3v) is 3.77. The van der Waals surface area contributed by atoms with Gasteiger partial charge in [-0.3, -0.25) is 0 Å². The minimum atomic E-state index is 0.356. The molecule has 1 unspecified atom stereocenters. The van der Waals surface area contributed by atoms with Crippen LogP contribution in [0.1, 0.15) is 36.9 Å². The highest BCUT2D eigenvalue weighted by molar-refractivity contribution is 5.35. The quantitative estimate of drug-likeness (QED) is 0.777. The van der Waals surface area contributed by atoms with Crippen LogP contribution in [0.5, 0.6) is 5.75 Å². The first-order chi connectivity index (χ1) is 10.3. The zero-order chi connectivity index (χ0) is 14.9. The molecule has 112 valence electrons. The molecule has 0 aliphatic rings. The van der Waals surface area contributed by atoms with Crippen LogP contribution in [0.25, 0.3) is 0 Å². The van der Waals surface area contributed by atoms with Crippen molar-refractivity contribution in [2.75, 3.05) is 13.7 Å². The second kappa shape index (κ2) is 8.48. The lowest BCUT2D eigenvalue weighted by Crippen LogP contribution is -2.21. The Hall–Kier alpha value is -1.80. The lowest BCUT2D eigenvalue weighted by Gasteiger charge is -2.20. The summed E-state index contributed by atoms with van der Waals surface area (Å²) in [5.41, 5.74) is 2.67. The predicted molar refractivity (Wildman–Crippen MR) is 88.8 cm³/mol. The van der Waals surface area contributed by atoms with Gasteiger partial charge in [0.25, 0.3) is 0 Å². The van der Waals surface area contributed by atoms with Gasteiger partial charge in [-0.2, -0.15) is 0 Å². The average Bonchev–Trinajstić information content (AvgIpc) is 2.55. The molecule has 0 fully saturated rings. The van der Waals surface area contributed by atoms with Crippen molar-refractivity contribution in [1.29, 1.82) is 0 Å². The van der Waals surface area contributed by atoms with Crippen LogP contribution < -0.4 is 10.1 Å². The second-order valence-electron chi connectivity index (χ2n) is 5.23. The molecule has 0 aliphatic carbocycles. The fourth-order valence-electron chi connectivity index (χ4n) is 2.72. The van der Waals surface area contributed by atoms with Gasteiger partial charge in [0, 0.05) is 11.6 Å². The van der Waals surface area contributed by atoms with Gasteiger partial charge in [-0.1, -0.05) is 55.5 Å². The normalized spacial score (nSPS) is 12.1. The largest absolute Gasteiger partial charge is 0.496 e. The molecule has 2 aromatic rings. The van der Waals surface area contributed by atoms with Crippen molar-refractivity contribution in [3.63, 3.8) is 0 Å². The Balaban J connectivity index is 1.99. The molecule has 0 heterocycles. The van der Waals surface area contributed by atoms with Crippen LogP contribution in [-0.2, 0) is 6.42 Å². The second-order valence-corrected chi connectivity index (χ2v) is 5.23. The van der Waals surface area contributed by atoms with Crippen LogP contribution in [0.2, 0.25) is 0 Å². The van der Waals surface area contributed by atoms with E-state index in [1.807, 2.05) is 12.1 Å². The number of benzene rings is 2. The molecule has 2 nitrogen and oxygen atoms in total. The van der Waals surface area contributed by atoms with Gasteiger partial charge >= 0.3 is 0 Å². The third kappa shape index (κ3) is 4.61. The molecule has 0 saturated heterocycles. The Kier molecular flexibility index (Phi) is 6.29. The topological polar surface area (TPSA) is 21.3 Å². The van der Waals surface area contributed by atoms with Gasteiger partial charge in [0.2, 0.25) is 0 Å². The van der Waals surface area contributed by atoms with Gasteiger partial charge < -0.3 is 10.1 Å². The number of aryl methyl sites for hydroxylation is 1. The molecule has 21 heavy (non-hydrogen) atoms. The molecular weight excluding hydrogens is 258 g/mol. The van der Waals surface area contributed by atoms with Crippen LogP contribution in [-0.4, -0.2) is 13.7 Å². The van der Waals surface area contributed by atoms with Gasteiger partial charge in [-0.25, -0.2) is 0 Å². The zero-order valence-electron chi connectivity index (χ0n) is 13.0. The summed E-state index contributed by atoms with van der Waals surface area (Å²) in [6, 6.07) is 19.3. The Morgan fingerprint density at radius 3 is 2.43 bits per heavy atom. The first-order valence-electron chi connectivity index (χ1n) is 7.75. The molecular formula is C19H25NO. The highest BCUT2D eigenvalue weighted by Gasteiger charge is 2.14. The monoisotopic (exact) mass is 283 g/mol. The summed E-state index contributed by atoms with van der Waals surface area (Å²) in [6.45, 7) is 3.12. The smallest absolute Gasteiger partial charge is 0.123 e. The number of hydrogen-bond acceptors (Lipinski definition) is 2. The summed E-state index contributed by atoms with van der Waals surface area (Å²) in [7, 11) is 1.74. The molecule has 0 spiro atoms. The van der Waals surface area contributed by atoms with E-state index in [1.165, 1.54) is 17.5 Å². The summed E-state index contributed by atoms with van der Waals surface area (Å²) >= 11 is 0. The van der Waals surface area contributed by atoms with Crippen LogP contribution >= 0.6 is 0 Å². The van der Waals surface area contributed by atoms with Crippen molar-refractivity contribution in [1.82, 2.24) is 5.32 Å². The van der Waals surface area contributed by atoms with E-state index in [0.29, 0.717) is 6.04 Å². The van der Waals surface area contributed by atoms with Gasteiger partial charge in [0.1, 0.15) is 5.75 Å². The van der Waals surface area contributed by atoms with Crippen molar-refractivity contribution in [2.24, 2.45) is 0 Å². The Morgan fingerprint density at radius 1 is 1.00 bits per heavy atom. The van der Waals surface area contributed by atoms with Gasteiger partial charge in [-0.05, 0) is 37.4 Å². The number of rotatable bonds is 8. The van der Waals surface area contributed by atoms with Crippen molar-refractivity contribution >= 4 is 0 Å². The van der Waals surface area contributed by atoms with Gasteiger partial charge in [0.05, 0.1) is 7.11 Å². The zero-order valence-corrected chi connectivity index (χ0v) is 13.0. The van der Waals surface area contributed by atoms with Crippen LogP contribution in [0.15, 0.2) is 54.6 Å². The highest BCUT2D eigenvalue weighted by atomic mass is 16.5. The molecule has 0 amide bonds. The van der Waals surface area contributed by atoms with E-state index in [4.69, 9.17) is 4.74 Å². The number of para-hydroxylation sites is 1. The molecule has 1 N–H and O–H groups in total. The molecule has 1 atom stereocenters. The number of methoxy groups -OCH3 is 1. The molecule has 0 bridgehead atoms. The number of nitrogens with one attached hydrogen (secondary N) is 1. The maximum Gasteiger partial charge on any atom is 0.123 e. The molecule has 2 heteroatoms. The molecule has 0 aromatic heterocycles. The van der Waals surface area contributed by atoms with E-state index < -0.39 is 0 Å². The lowest BCUT2D eigenvalue weighted by molar-refractivity contribution is 0.394. The van der Waals surface area contributed by atoms with Crippen molar-refractivity contribution < 1.29 is 4.74 Å². The highest BCUT2D eigenvalue weighted by Crippen LogP contribution is 2.28. The molecule has 0 radical (unpaired) electrons. The van der Waals surface area contributed by atoms with Gasteiger partial charge in [-0.15, -0.1) is 0 Å². The number of hydrogen-bond donors (Lipinski definition) is 1. The average molecular weight is 283 g/mol. The van der Waals surface area contributed by atoms with E-state index in [1.54, 1.807) is 7.11 Å². The Morgan fingerprint density at radius 2 is 1.71 bits per heavy atom. The Bertz CT molecular complexity index is 524. The summed E-state index contributed by atoms with van der Waals surface area (Å²) in [5, 5.41) is 3.58. The minimum Gasteiger partial charge on any atom is -0.496 e. The summed E-state index contributed by atoms with van der Waals surface area (Å²) in [4.78, 5) is 0. The molecule has 2 aromatic carbocycles. The van der Waals surface area contributed by atoms with E-state index >= 15 is 0 Å². The summed E-state index contributed by atoms with van der Waals surface area (Å²) in [5.74, 6) is 0.975. The SMILES string of the molecule is CCNC(CCCc1ccccc1)c1ccccc1OC. The van der Waals surface area contributed by atoms with E-state index in [2.05, 4.69) is 54.7 Å². The minimum absolute atomic E-state index is 0.356. The third-order valence-electron chi connectivity index (χ3n) is 3.77. The van der Waals surface area contributed by atoms with Crippen molar-refractivity contribution in [3.05, 3.63) is 65.7 Å². The van der Waals surface area contributed by atoms with Crippen LogP contribution in [0.4, 0.5) is 0 Å². The maximum atomic E-state index is 5.50. The molecule has 0 saturated carbocycles. The maximum absolute atomic E-state index is 5.50. The fraction of sp³-hybridized carbons (Fsp3) is 0.368. The fourth-order valence-corrected chi connectivity index (χ4v) is 2.72. The molecule has 0 aliphatic heterocycles. The number of ether oxygens (including phenoxy) is 1. The molecule has 2 rings (SSSR count). The van der Waals surface area contributed by atoms with Crippen molar-refractivity contribution in [3.8, 4) is 5.75 Å². The van der Waals surface area contributed by atoms with E-state index in [0.717, 1.165) is 25.1 Å². The summed E-state index contributed by atoms with van der Waals surface area (Å²) < 4.78 is 5.50. The van der Waals surface area contributed by atoms with E-state index in [9.17, 15) is 0 Å². The van der Waals surface area contributed by atoms with Crippen molar-refractivity contribution in [2.45, 2.75) is 32.2 Å². The van der Waals surface area contributed by atoms with E-state index in [-0.39, 0.29) is 0 Å². The first kappa shape index (κ1) is 15.6.